The van der Waals surface area contributed by atoms with E-state index in [0.717, 1.165) is 25.0 Å². The van der Waals surface area contributed by atoms with Gasteiger partial charge in [0.2, 0.25) is 0 Å². The molecule has 0 aliphatic carbocycles. The quantitative estimate of drug-likeness (QED) is 0.836. The maximum atomic E-state index is 12.8. The highest BCUT2D eigenvalue weighted by atomic mass is 19.4. The summed E-state index contributed by atoms with van der Waals surface area (Å²) in [7, 11) is 0. The van der Waals surface area contributed by atoms with E-state index < -0.39 is 11.7 Å². The number of carbonyl (C=O) groups excluding carboxylic acids is 1. The summed E-state index contributed by atoms with van der Waals surface area (Å²) in [5, 5.41) is 0. The molecule has 0 radical (unpaired) electrons. The molecule has 0 bridgehead atoms. The van der Waals surface area contributed by atoms with Crippen LogP contribution >= 0.6 is 0 Å². The van der Waals surface area contributed by atoms with E-state index in [1.807, 2.05) is 4.90 Å². The third-order valence-corrected chi connectivity index (χ3v) is 4.34. The molecule has 1 aromatic carbocycles. The van der Waals surface area contributed by atoms with Crippen molar-refractivity contribution in [1.82, 2.24) is 4.90 Å². The van der Waals surface area contributed by atoms with Gasteiger partial charge in [-0.2, -0.15) is 13.2 Å². The standard InChI is InChI=1S/C16H19F3N2O2/c17-16(18,19)12-3-1-4-13(11-12)20-6-8-21(9-7-20)15(22)14-5-2-10-23-14/h1,3-4,11,14H,2,5-10H2/t14-/m1/s1. The third kappa shape index (κ3) is 3.60. The Morgan fingerprint density at radius 3 is 2.52 bits per heavy atom. The minimum absolute atomic E-state index is 0.00573. The molecule has 4 nitrogen and oxygen atoms in total. The van der Waals surface area contributed by atoms with Gasteiger partial charge in [-0.15, -0.1) is 0 Å². The third-order valence-electron chi connectivity index (χ3n) is 4.34. The fourth-order valence-corrected chi connectivity index (χ4v) is 3.04. The number of benzene rings is 1. The topological polar surface area (TPSA) is 32.8 Å². The van der Waals surface area contributed by atoms with Crippen molar-refractivity contribution in [3.05, 3.63) is 29.8 Å². The van der Waals surface area contributed by atoms with Gasteiger partial charge in [-0.25, -0.2) is 0 Å². The van der Waals surface area contributed by atoms with E-state index in [2.05, 4.69) is 0 Å². The number of piperazine rings is 1. The van der Waals surface area contributed by atoms with E-state index in [1.165, 1.54) is 6.07 Å². The molecule has 0 N–H and O–H groups in total. The van der Waals surface area contributed by atoms with Crippen molar-refractivity contribution >= 4 is 11.6 Å². The van der Waals surface area contributed by atoms with Crippen LogP contribution in [0, 0.1) is 0 Å². The van der Waals surface area contributed by atoms with Crippen LogP contribution in [0.15, 0.2) is 24.3 Å². The van der Waals surface area contributed by atoms with Gasteiger partial charge in [0.05, 0.1) is 5.56 Å². The number of hydrogen-bond donors (Lipinski definition) is 0. The van der Waals surface area contributed by atoms with Crippen LogP contribution in [0.5, 0.6) is 0 Å². The van der Waals surface area contributed by atoms with E-state index in [9.17, 15) is 18.0 Å². The highest BCUT2D eigenvalue weighted by Crippen LogP contribution is 2.32. The Morgan fingerprint density at radius 1 is 1.17 bits per heavy atom. The summed E-state index contributed by atoms with van der Waals surface area (Å²) in [6.45, 7) is 2.70. The second kappa shape index (κ2) is 6.39. The fraction of sp³-hybridized carbons (Fsp3) is 0.562. The molecule has 2 aliphatic rings. The zero-order valence-corrected chi connectivity index (χ0v) is 12.7. The number of nitrogens with zero attached hydrogens (tertiary/aromatic N) is 2. The van der Waals surface area contributed by atoms with Gasteiger partial charge in [-0.1, -0.05) is 6.07 Å². The van der Waals surface area contributed by atoms with E-state index >= 15 is 0 Å². The number of alkyl halides is 3. The lowest BCUT2D eigenvalue weighted by Gasteiger charge is -2.37. The molecule has 0 spiro atoms. The Balaban J connectivity index is 1.61. The van der Waals surface area contributed by atoms with Gasteiger partial charge in [0.1, 0.15) is 6.10 Å². The van der Waals surface area contributed by atoms with Gasteiger partial charge in [0, 0.05) is 38.5 Å². The molecule has 0 unspecified atom stereocenters. The number of rotatable bonds is 2. The van der Waals surface area contributed by atoms with Gasteiger partial charge in [0.15, 0.2) is 0 Å². The molecule has 1 amide bonds. The molecule has 2 heterocycles. The molecule has 0 saturated carbocycles. The van der Waals surface area contributed by atoms with Crippen molar-refractivity contribution in [2.75, 3.05) is 37.7 Å². The van der Waals surface area contributed by atoms with Gasteiger partial charge < -0.3 is 14.5 Å². The normalized spacial score (nSPS) is 22.5. The molecule has 23 heavy (non-hydrogen) atoms. The monoisotopic (exact) mass is 328 g/mol. The number of amides is 1. The Bertz CT molecular complexity index is 563. The number of ether oxygens (including phenoxy) is 1. The van der Waals surface area contributed by atoms with Crippen LogP contribution in [0.25, 0.3) is 0 Å². The van der Waals surface area contributed by atoms with Crippen molar-refractivity contribution in [1.29, 1.82) is 0 Å². The predicted molar refractivity (Wildman–Crippen MR) is 79.2 cm³/mol. The molecular weight excluding hydrogens is 309 g/mol. The first-order valence-electron chi connectivity index (χ1n) is 7.78. The van der Waals surface area contributed by atoms with Crippen LogP contribution < -0.4 is 4.90 Å². The van der Waals surface area contributed by atoms with E-state index in [1.54, 1.807) is 11.0 Å². The molecule has 3 rings (SSSR count). The van der Waals surface area contributed by atoms with Crippen LogP contribution in [-0.4, -0.2) is 49.7 Å². The van der Waals surface area contributed by atoms with Crippen LogP contribution in [0.4, 0.5) is 18.9 Å². The lowest BCUT2D eigenvalue weighted by atomic mass is 10.1. The summed E-state index contributed by atoms with van der Waals surface area (Å²) in [5.41, 5.74) is -0.100. The number of hydrogen-bond acceptors (Lipinski definition) is 3. The minimum atomic E-state index is -4.34. The van der Waals surface area contributed by atoms with E-state index in [0.29, 0.717) is 38.5 Å². The van der Waals surface area contributed by atoms with E-state index in [4.69, 9.17) is 4.74 Å². The van der Waals surface area contributed by atoms with Crippen LogP contribution in [0.2, 0.25) is 0 Å². The predicted octanol–water partition coefficient (Wildman–Crippen LogP) is 2.53. The first-order chi connectivity index (χ1) is 10.9. The lowest BCUT2D eigenvalue weighted by Crippen LogP contribution is -2.51. The largest absolute Gasteiger partial charge is 0.416 e. The molecule has 2 fully saturated rings. The van der Waals surface area contributed by atoms with Crippen LogP contribution in [0.1, 0.15) is 18.4 Å². The second-order valence-corrected chi connectivity index (χ2v) is 5.86. The molecule has 7 heteroatoms. The highest BCUT2D eigenvalue weighted by Gasteiger charge is 2.32. The van der Waals surface area contributed by atoms with Crippen LogP contribution in [0.3, 0.4) is 0 Å². The Morgan fingerprint density at radius 2 is 1.91 bits per heavy atom. The van der Waals surface area contributed by atoms with Crippen LogP contribution in [-0.2, 0) is 15.7 Å². The summed E-state index contributed by atoms with van der Waals surface area (Å²) in [6.07, 6.45) is -3.02. The van der Waals surface area contributed by atoms with Crippen molar-refractivity contribution in [3.63, 3.8) is 0 Å². The van der Waals surface area contributed by atoms with E-state index in [-0.39, 0.29) is 12.0 Å². The molecule has 0 aromatic heterocycles. The van der Waals surface area contributed by atoms with Gasteiger partial charge in [-0.05, 0) is 31.0 Å². The van der Waals surface area contributed by atoms with Gasteiger partial charge in [0.25, 0.3) is 5.91 Å². The van der Waals surface area contributed by atoms with Gasteiger partial charge >= 0.3 is 6.18 Å². The van der Waals surface area contributed by atoms with Crippen molar-refractivity contribution in [2.24, 2.45) is 0 Å². The summed E-state index contributed by atoms with van der Waals surface area (Å²) < 4.78 is 43.8. The second-order valence-electron chi connectivity index (χ2n) is 5.86. The molecular formula is C16H19F3N2O2. The summed E-state index contributed by atoms with van der Waals surface area (Å²) in [6, 6.07) is 5.33. The fourth-order valence-electron chi connectivity index (χ4n) is 3.04. The molecule has 126 valence electrons. The highest BCUT2D eigenvalue weighted by molar-refractivity contribution is 5.81. The zero-order chi connectivity index (χ0) is 16.4. The van der Waals surface area contributed by atoms with Crippen molar-refractivity contribution in [3.8, 4) is 0 Å². The SMILES string of the molecule is O=C([C@H]1CCCO1)N1CCN(c2cccc(C(F)(F)F)c2)CC1. The molecule has 1 aromatic rings. The summed E-state index contributed by atoms with van der Waals surface area (Å²) >= 11 is 0. The van der Waals surface area contributed by atoms with Crippen molar-refractivity contribution in [2.45, 2.75) is 25.1 Å². The average Bonchev–Trinajstić information content (AvgIpc) is 3.08. The maximum Gasteiger partial charge on any atom is 0.416 e. The number of carbonyl (C=O) groups is 1. The minimum Gasteiger partial charge on any atom is -0.368 e. The first-order valence-corrected chi connectivity index (χ1v) is 7.78. The lowest BCUT2D eigenvalue weighted by molar-refractivity contribution is -0.141. The Hall–Kier alpha value is -1.76. The molecule has 1 atom stereocenters. The smallest absolute Gasteiger partial charge is 0.368 e. The maximum absolute atomic E-state index is 12.8. The average molecular weight is 328 g/mol. The molecule has 2 aliphatic heterocycles. The first kappa shape index (κ1) is 16.1. The Labute approximate surface area is 132 Å². The summed E-state index contributed by atoms with van der Waals surface area (Å²) in [5.74, 6) is 0.00573. The number of halogens is 3. The molecule has 2 saturated heterocycles. The summed E-state index contributed by atoms with van der Waals surface area (Å²) in [4.78, 5) is 15.9. The Kier molecular flexibility index (Phi) is 4.48. The zero-order valence-electron chi connectivity index (χ0n) is 12.7. The van der Waals surface area contributed by atoms with Crippen molar-refractivity contribution < 1.29 is 22.7 Å². The number of anilines is 1. The van der Waals surface area contributed by atoms with Gasteiger partial charge in [-0.3, -0.25) is 4.79 Å².